The number of aromatic nitrogens is 4. The SMILES string of the molecule is Cn1cc(-n2cc3cnc(NCC(F)(F)F)nc3c(-c3ccc(Cl)cc3)c2=O)ccc1=O. The first-order valence-corrected chi connectivity index (χ1v) is 9.66. The molecule has 0 aliphatic heterocycles. The van der Waals surface area contributed by atoms with Crippen LogP contribution in [0.4, 0.5) is 19.1 Å². The van der Waals surface area contributed by atoms with Crippen LogP contribution in [0.15, 0.2) is 64.6 Å². The minimum Gasteiger partial charge on any atom is -0.345 e. The number of hydrogen-bond acceptors (Lipinski definition) is 5. The highest BCUT2D eigenvalue weighted by Crippen LogP contribution is 2.27. The molecule has 0 fully saturated rings. The van der Waals surface area contributed by atoms with Crippen LogP contribution in [-0.4, -0.2) is 31.8 Å². The standard InChI is InChI=1S/C21H15ClF3N5O2/c1-29-10-15(6-7-16(29)31)30-9-13-8-26-20(27-11-21(23,24)25)28-18(13)17(19(30)32)12-2-4-14(22)5-3-12/h2-10H,11H2,1H3,(H,27,28). The third-order valence-electron chi connectivity index (χ3n) is 4.68. The number of pyridine rings is 2. The van der Waals surface area contributed by atoms with Gasteiger partial charge in [-0.2, -0.15) is 13.2 Å². The Balaban J connectivity index is 1.97. The van der Waals surface area contributed by atoms with Crippen LogP contribution in [-0.2, 0) is 7.05 Å². The second kappa shape index (κ2) is 8.12. The lowest BCUT2D eigenvalue weighted by Crippen LogP contribution is -2.24. The molecule has 0 bridgehead atoms. The molecule has 164 valence electrons. The van der Waals surface area contributed by atoms with Crippen molar-refractivity contribution in [3.8, 4) is 16.8 Å². The van der Waals surface area contributed by atoms with Crippen LogP contribution >= 0.6 is 11.6 Å². The van der Waals surface area contributed by atoms with E-state index in [2.05, 4.69) is 15.3 Å². The third kappa shape index (κ3) is 4.35. The molecule has 0 aliphatic carbocycles. The molecule has 4 aromatic rings. The van der Waals surface area contributed by atoms with Crippen molar-refractivity contribution in [1.29, 1.82) is 0 Å². The third-order valence-corrected chi connectivity index (χ3v) is 4.93. The molecule has 3 aromatic heterocycles. The quantitative estimate of drug-likeness (QED) is 0.500. The van der Waals surface area contributed by atoms with Gasteiger partial charge in [0.05, 0.1) is 16.8 Å². The molecule has 11 heteroatoms. The minimum absolute atomic E-state index is 0.158. The van der Waals surface area contributed by atoms with E-state index in [1.165, 1.54) is 39.9 Å². The summed E-state index contributed by atoms with van der Waals surface area (Å²) in [6.45, 7) is -1.32. The monoisotopic (exact) mass is 461 g/mol. The van der Waals surface area contributed by atoms with E-state index in [4.69, 9.17) is 11.6 Å². The van der Waals surface area contributed by atoms with Gasteiger partial charge < -0.3 is 9.88 Å². The zero-order valence-corrected chi connectivity index (χ0v) is 17.3. The Bertz CT molecular complexity index is 1430. The number of nitrogens with zero attached hydrogens (tertiary/aromatic N) is 4. The molecule has 0 atom stereocenters. The van der Waals surface area contributed by atoms with Crippen molar-refractivity contribution in [2.24, 2.45) is 7.05 Å². The van der Waals surface area contributed by atoms with Crippen molar-refractivity contribution in [3.63, 3.8) is 0 Å². The number of nitrogens with one attached hydrogen (secondary N) is 1. The number of aryl methyl sites for hydroxylation is 1. The Hall–Kier alpha value is -3.66. The van der Waals surface area contributed by atoms with Crippen molar-refractivity contribution >= 4 is 28.5 Å². The van der Waals surface area contributed by atoms with Crippen LogP contribution in [0.1, 0.15) is 0 Å². The number of rotatable bonds is 4. The Morgan fingerprint density at radius 3 is 2.44 bits per heavy atom. The van der Waals surface area contributed by atoms with Gasteiger partial charge in [0.1, 0.15) is 6.54 Å². The highest BCUT2D eigenvalue weighted by Gasteiger charge is 2.27. The molecule has 0 radical (unpaired) electrons. The van der Waals surface area contributed by atoms with Gasteiger partial charge in [-0.3, -0.25) is 14.2 Å². The number of anilines is 1. The van der Waals surface area contributed by atoms with Gasteiger partial charge in [-0.15, -0.1) is 0 Å². The largest absolute Gasteiger partial charge is 0.405 e. The maximum Gasteiger partial charge on any atom is 0.405 e. The number of hydrogen-bond donors (Lipinski definition) is 1. The van der Waals surface area contributed by atoms with Gasteiger partial charge >= 0.3 is 6.18 Å². The van der Waals surface area contributed by atoms with Gasteiger partial charge in [-0.25, -0.2) is 9.97 Å². The van der Waals surface area contributed by atoms with E-state index in [1.807, 2.05) is 0 Å². The minimum atomic E-state index is -4.45. The Kier molecular flexibility index (Phi) is 5.47. The molecule has 0 unspecified atom stereocenters. The van der Waals surface area contributed by atoms with Crippen molar-refractivity contribution in [2.75, 3.05) is 11.9 Å². The fourth-order valence-electron chi connectivity index (χ4n) is 3.16. The van der Waals surface area contributed by atoms with E-state index in [-0.39, 0.29) is 22.6 Å². The topological polar surface area (TPSA) is 81.8 Å². The molecule has 0 spiro atoms. The number of alkyl halides is 3. The summed E-state index contributed by atoms with van der Waals surface area (Å²) in [6, 6.07) is 9.25. The highest BCUT2D eigenvalue weighted by atomic mass is 35.5. The van der Waals surface area contributed by atoms with Gasteiger partial charge in [0.15, 0.2) is 0 Å². The van der Waals surface area contributed by atoms with E-state index in [0.29, 0.717) is 21.7 Å². The molecular weight excluding hydrogens is 447 g/mol. The molecule has 1 N–H and O–H groups in total. The first-order chi connectivity index (χ1) is 15.1. The normalized spacial score (nSPS) is 11.7. The average Bonchev–Trinajstić information content (AvgIpc) is 2.74. The molecule has 0 amide bonds. The molecule has 1 aromatic carbocycles. The lowest BCUT2D eigenvalue weighted by Gasteiger charge is -2.14. The molecule has 7 nitrogen and oxygen atoms in total. The number of fused-ring (bicyclic) bond motifs is 1. The van der Waals surface area contributed by atoms with E-state index >= 15 is 0 Å². The molecule has 4 rings (SSSR count). The van der Waals surface area contributed by atoms with Gasteiger partial charge in [0.25, 0.3) is 5.56 Å². The number of halogens is 4. The number of benzene rings is 1. The molecule has 32 heavy (non-hydrogen) atoms. The van der Waals surface area contributed by atoms with Crippen LogP contribution in [0.5, 0.6) is 0 Å². The maximum atomic E-state index is 13.5. The van der Waals surface area contributed by atoms with E-state index in [0.717, 1.165) is 0 Å². The van der Waals surface area contributed by atoms with Crippen molar-refractivity contribution < 1.29 is 13.2 Å². The van der Waals surface area contributed by atoms with E-state index < -0.39 is 18.3 Å². The van der Waals surface area contributed by atoms with Crippen molar-refractivity contribution in [2.45, 2.75) is 6.18 Å². The molecule has 0 saturated heterocycles. The zero-order valence-electron chi connectivity index (χ0n) is 16.5. The fraction of sp³-hybridized carbons (Fsp3) is 0.143. The lowest BCUT2D eigenvalue weighted by atomic mass is 10.0. The maximum absolute atomic E-state index is 13.5. The van der Waals surface area contributed by atoms with Gasteiger partial charge in [-0.1, -0.05) is 23.7 Å². The van der Waals surface area contributed by atoms with E-state index in [1.54, 1.807) is 31.3 Å². The molecule has 3 heterocycles. The summed E-state index contributed by atoms with van der Waals surface area (Å²) in [5.74, 6) is -0.260. The van der Waals surface area contributed by atoms with Crippen LogP contribution in [0.3, 0.4) is 0 Å². The average molecular weight is 462 g/mol. The second-order valence-electron chi connectivity index (χ2n) is 6.99. The summed E-state index contributed by atoms with van der Waals surface area (Å²) in [7, 11) is 1.56. The lowest BCUT2D eigenvalue weighted by molar-refractivity contribution is -0.115. The Morgan fingerprint density at radius 1 is 1.06 bits per heavy atom. The summed E-state index contributed by atoms with van der Waals surface area (Å²) in [6.07, 6.45) is -0.145. The van der Waals surface area contributed by atoms with Crippen LogP contribution < -0.4 is 16.4 Å². The van der Waals surface area contributed by atoms with Crippen molar-refractivity contribution in [1.82, 2.24) is 19.1 Å². The van der Waals surface area contributed by atoms with Gasteiger partial charge in [0.2, 0.25) is 11.5 Å². The summed E-state index contributed by atoms with van der Waals surface area (Å²) in [5, 5.41) is 3.00. The van der Waals surface area contributed by atoms with E-state index in [9.17, 15) is 22.8 Å². The van der Waals surface area contributed by atoms with Crippen LogP contribution in [0, 0.1) is 0 Å². The Labute approximate surface area is 183 Å². The molecular formula is C21H15ClF3N5O2. The summed E-state index contributed by atoms with van der Waals surface area (Å²) in [4.78, 5) is 33.3. The first kappa shape index (κ1) is 21.6. The van der Waals surface area contributed by atoms with Crippen molar-refractivity contribution in [3.05, 3.63) is 80.7 Å². The smallest absolute Gasteiger partial charge is 0.345 e. The second-order valence-corrected chi connectivity index (χ2v) is 7.43. The summed E-state index contributed by atoms with van der Waals surface area (Å²) >= 11 is 5.97. The van der Waals surface area contributed by atoms with Gasteiger partial charge in [-0.05, 0) is 23.8 Å². The van der Waals surface area contributed by atoms with Crippen LogP contribution in [0.25, 0.3) is 27.7 Å². The zero-order chi connectivity index (χ0) is 23.0. The summed E-state index contributed by atoms with van der Waals surface area (Å²) < 4.78 is 40.4. The predicted octanol–water partition coefficient (Wildman–Crippen LogP) is 3.77. The molecule has 0 saturated carbocycles. The van der Waals surface area contributed by atoms with Gasteiger partial charge in [0, 0.05) is 42.1 Å². The Morgan fingerprint density at radius 2 is 1.78 bits per heavy atom. The summed E-state index contributed by atoms with van der Waals surface area (Å²) in [5.41, 5.74) is 0.518. The molecule has 0 aliphatic rings. The fourth-order valence-corrected chi connectivity index (χ4v) is 3.29. The highest BCUT2D eigenvalue weighted by molar-refractivity contribution is 6.30. The first-order valence-electron chi connectivity index (χ1n) is 9.28. The van der Waals surface area contributed by atoms with Crippen LogP contribution in [0.2, 0.25) is 5.02 Å². The predicted molar refractivity (Wildman–Crippen MR) is 115 cm³/mol.